The number of amides is 2. The molecule has 2 rings (SSSR count). The number of hydrogen-bond donors (Lipinski definition) is 2. The van der Waals surface area contributed by atoms with Crippen molar-refractivity contribution in [2.45, 2.75) is 32.6 Å². The molecule has 0 aliphatic rings. The summed E-state index contributed by atoms with van der Waals surface area (Å²) in [5.41, 5.74) is 3.27. The molecule has 1 atom stereocenters. The highest BCUT2D eigenvalue weighted by atomic mass is 79.9. The molecule has 23 heavy (non-hydrogen) atoms. The van der Waals surface area contributed by atoms with Gasteiger partial charge in [-0.05, 0) is 48.1 Å². The fourth-order valence-electron chi connectivity index (χ4n) is 2.40. The summed E-state index contributed by atoms with van der Waals surface area (Å²) in [6.07, 6.45) is 1.86. The van der Waals surface area contributed by atoms with Gasteiger partial charge in [-0.15, -0.1) is 0 Å². The number of carbonyl (C=O) groups excluding carboxylic acids is 1. The molecule has 0 radical (unpaired) electrons. The lowest BCUT2D eigenvalue weighted by Crippen LogP contribution is -2.30. The van der Waals surface area contributed by atoms with Crippen molar-refractivity contribution >= 4 is 27.6 Å². The highest BCUT2D eigenvalue weighted by molar-refractivity contribution is 9.10. The average Bonchev–Trinajstić information content (AvgIpc) is 2.56. The third-order valence-corrected chi connectivity index (χ3v) is 4.49. The summed E-state index contributed by atoms with van der Waals surface area (Å²) in [7, 11) is 0. The summed E-state index contributed by atoms with van der Waals surface area (Å²) in [6.45, 7) is 4.94. The van der Waals surface area contributed by atoms with Crippen molar-refractivity contribution in [1.29, 1.82) is 0 Å². The van der Waals surface area contributed by atoms with Gasteiger partial charge in [0.05, 0.1) is 0 Å². The van der Waals surface area contributed by atoms with E-state index in [9.17, 15) is 4.79 Å². The standard InChI is InChI=1S/C19H23BrN2O/c1-3-14(2)17-6-4-5-7-18(17)22-19(23)21-13-12-15-8-10-16(20)11-9-15/h4-11,14H,3,12-13H2,1-2H3,(H2,21,22,23). The van der Waals surface area contributed by atoms with Gasteiger partial charge < -0.3 is 10.6 Å². The predicted octanol–water partition coefficient (Wildman–Crippen LogP) is 5.33. The van der Waals surface area contributed by atoms with Crippen molar-refractivity contribution in [2.24, 2.45) is 0 Å². The molecule has 2 amide bonds. The smallest absolute Gasteiger partial charge is 0.319 e. The van der Waals surface area contributed by atoms with Crippen molar-refractivity contribution in [3.8, 4) is 0 Å². The van der Waals surface area contributed by atoms with Crippen LogP contribution in [0.4, 0.5) is 10.5 Å². The van der Waals surface area contributed by atoms with Crippen molar-refractivity contribution in [3.63, 3.8) is 0 Å². The van der Waals surface area contributed by atoms with Crippen LogP contribution < -0.4 is 10.6 Å². The van der Waals surface area contributed by atoms with Gasteiger partial charge in [0.1, 0.15) is 0 Å². The van der Waals surface area contributed by atoms with E-state index in [0.29, 0.717) is 12.5 Å². The third kappa shape index (κ3) is 5.39. The number of carbonyl (C=O) groups is 1. The van der Waals surface area contributed by atoms with Gasteiger partial charge in [-0.3, -0.25) is 0 Å². The molecule has 0 aliphatic heterocycles. The summed E-state index contributed by atoms with van der Waals surface area (Å²) in [4.78, 5) is 12.1. The third-order valence-electron chi connectivity index (χ3n) is 3.96. The second-order valence-electron chi connectivity index (χ2n) is 5.65. The van der Waals surface area contributed by atoms with E-state index in [1.807, 2.05) is 30.3 Å². The molecule has 0 aliphatic carbocycles. The lowest BCUT2D eigenvalue weighted by molar-refractivity contribution is 0.252. The monoisotopic (exact) mass is 374 g/mol. The second kappa shape index (κ2) is 8.73. The molecule has 2 aromatic rings. The lowest BCUT2D eigenvalue weighted by Gasteiger charge is -2.16. The Morgan fingerprint density at radius 2 is 1.83 bits per heavy atom. The first-order valence-electron chi connectivity index (χ1n) is 7.98. The Balaban J connectivity index is 1.86. The van der Waals surface area contributed by atoms with Crippen LogP contribution in [0.2, 0.25) is 0 Å². The number of benzene rings is 2. The molecular weight excluding hydrogens is 352 g/mol. The van der Waals surface area contributed by atoms with Crippen LogP contribution in [-0.2, 0) is 6.42 Å². The van der Waals surface area contributed by atoms with E-state index >= 15 is 0 Å². The van der Waals surface area contributed by atoms with Gasteiger partial charge in [0.2, 0.25) is 0 Å². The minimum Gasteiger partial charge on any atom is -0.338 e. The number of urea groups is 1. The molecular formula is C19H23BrN2O. The first kappa shape index (κ1) is 17.5. The van der Waals surface area contributed by atoms with Gasteiger partial charge in [0, 0.05) is 16.7 Å². The highest BCUT2D eigenvalue weighted by Gasteiger charge is 2.10. The molecule has 0 heterocycles. The van der Waals surface area contributed by atoms with E-state index in [4.69, 9.17) is 0 Å². The summed E-state index contributed by atoms with van der Waals surface area (Å²) in [6, 6.07) is 16.0. The lowest BCUT2D eigenvalue weighted by atomic mass is 9.97. The molecule has 2 aromatic carbocycles. The van der Waals surface area contributed by atoms with Gasteiger partial charge in [-0.2, -0.15) is 0 Å². The first-order chi connectivity index (χ1) is 11.1. The zero-order chi connectivity index (χ0) is 16.7. The van der Waals surface area contributed by atoms with Crippen LogP contribution in [0.1, 0.15) is 37.3 Å². The zero-order valence-electron chi connectivity index (χ0n) is 13.6. The van der Waals surface area contributed by atoms with E-state index in [-0.39, 0.29) is 6.03 Å². The van der Waals surface area contributed by atoms with E-state index in [1.165, 1.54) is 11.1 Å². The second-order valence-corrected chi connectivity index (χ2v) is 6.57. The van der Waals surface area contributed by atoms with E-state index in [1.54, 1.807) is 0 Å². The molecule has 0 fully saturated rings. The van der Waals surface area contributed by atoms with Crippen LogP contribution in [0, 0.1) is 0 Å². The SMILES string of the molecule is CCC(C)c1ccccc1NC(=O)NCCc1ccc(Br)cc1. The maximum Gasteiger partial charge on any atom is 0.319 e. The van der Waals surface area contributed by atoms with Crippen molar-refractivity contribution in [1.82, 2.24) is 5.32 Å². The Morgan fingerprint density at radius 1 is 1.13 bits per heavy atom. The fourth-order valence-corrected chi connectivity index (χ4v) is 2.66. The largest absolute Gasteiger partial charge is 0.338 e. The fraction of sp³-hybridized carbons (Fsp3) is 0.316. The zero-order valence-corrected chi connectivity index (χ0v) is 15.2. The molecule has 1 unspecified atom stereocenters. The topological polar surface area (TPSA) is 41.1 Å². The van der Waals surface area contributed by atoms with E-state index in [2.05, 4.69) is 58.6 Å². The van der Waals surface area contributed by atoms with Crippen molar-refractivity contribution in [3.05, 3.63) is 64.1 Å². The van der Waals surface area contributed by atoms with Crippen molar-refractivity contribution < 1.29 is 4.79 Å². The summed E-state index contributed by atoms with van der Waals surface area (Å²) >= 11 is 3.42. The number of nitrogens with one attached hydrogen (secondary N) is 2. The van der Waals surface area contributed by atoms with Crippen LogP contribution in [0.5, 0.6) is 0 Å². The van der Waals surface area contributed by atoms with Crippen LogP contribution >= 0.6 is 15.9 Å². The maximum atomic E-state index is 12.1. The molecule has 3 nitrogen and oxygen atoms in total. The number of para-hydroxylation sites is 1. The quantitative estimate of drug-likeness (QED) is 0.704. The minimum absolute atomic E-state index is 0.155. The van der Waals surface area contributed by atoms with Gasteiger partial charge in [-0.1, -0.05) is 60.1 Å². The average molecular weight is 375 g/mol. The molecule has 4 heteroatoms. The van der Waals surface area contributed by atoms with Crippen LogP contribution in [0.25, 0.3) is 0 Å². The Labute approximate surface area is 146 Å². The Bertz CT molecular complexity index is 640. The van der Waals surface area contributed by atoms with Gasteiger partial charge in [0.15, 0.2) is 0 Å². The van der Waals surface area contributed by atoms with Gasteiger partial charge in [-0.25, -0.2) is 4.79 Å². The number of hydrogen-bond acceptors (Lipinski definition) is 1. The molecule has 122 valence electrons. The molecule has 0 saturated heterocycles. The Hall–Kier alpha value is -1.81. The molecule has 2 N–H and O–H groups in total. The number of anilines is 1. The number of halogens is 1. The normalized spacial score (nSPS) is 11.8. The Kier molecular flexibility index (Phi) is 6.66. The molecule has 0 spiro atoms. The van der Waals surface area contributed by atoms with E-state index < -0.39 is 0 Å². The van der Waals surface area contributed by atoms with Crippen molar-refractivity contribution in [2.75, 3.05) is 11.9 Å². The molecule has 0 saturated carbocycles. The van der Waals surface area contributed by atoms with Crippen LogP contribution in [-0.4, -0.2) is 12.6 Å². The summed E-state index contributed by atoms with van der Waals surface area (Å²) in [5.74, 6) is 0.425. The van der Waals surface area contributed by atoms with Gasteiger partial charge in [0.25, 0.3) is 0 Å². The summed E-state index contributed by atoms with van der Waals surface area (Å²) < 4.78 is 1.06. The highest BCUT2D eigenvalue weighted by Crippen LogP contribution is 2.26. The minimum atomic E-state index is -0.155. The van der Waals surface area contributed by atoms with E-state index in [0.717, 1.165) is 23.0 Å². The Morgan fingerprint density at radius 3 is 2.52 bits per heavy atom. The molecule has 0 bridgehead atoms. The predicted molar refractivity (Wildman–Crippen MR) is 100 cm³/mol. The first-order valence-corrected chi connectivity index (χ1v) is 8.77. The number of rotatable bonds is 6. The van der Waals surface area contributed by atoms with Crippen LogP contribution in [0.3, 0.4) is 0 Å². The maximum absolute atomic E-state index is 12.1. The molecule has 0 aromatic heterocycles. The summed E-state index contributed by atoms with van der Waals surface area (Å²) in [5, 5.41) is 5.88. The van der Waals surface area contributed by atoms with Gasteiger partial charge >= 0.3 is 6.03 Å². The van der Waals surface area contributed by atoms with Crippen LogP contribution in [0.15, 0.2) is 53.0 Å².